The van der Waals surface area contributed by atoms with E-state index in [1.54, 1.807) is 0 Å². The Morgan fingerprint density at radius 1 is 1.33 bits per heavy atom. The highest BCUT2D eigenvalue weighted by Crippen LogP contribution is 2.13. The third-order valence-electron chi connectivity index (χ3n) is 2.47. The normalized spacial score (nSPS) is 13.6. The summed E-state index contributed by atoms with van der Waals surface area (Å²) in [4.78, 5) is 4.19. The number of nitrogens with one attached hydrogen (secondary N) is 1. The molecule has 5 heteroatoms. The molecule has 102 valence electrons. The maximum atomic E-state index is 11.7. The van der Waals surface area contributed by atoms with Crippen LogP contribution >= 0.6 is 15.9 Å². The van der Waals surface area contributed by atoms with Crippen LogP contribution in [0.3, 0.4) is 0 Å². The molecule has 18 heavy (non-hydrogen) atoms. The molecule has 3 nitrogen and oxygen atoms in total. The largest absolute Gasteiger partial charge is 0.598 e. The van der Waals surface area contributed by atoms with Gasteiger partial charge in [0.25, 0.3) is 0 Å². The van der Waals surface area contributed by atoms with Crippen LogP contribution in [0.2, 0.25) is 0 Å². The van der Waals surface area contributed by atoms with Crippen LogP contribution < -0.4 is 4.72 Å². The number of hydrogen-bond donors (Lipinski definition) is 1. The van der Waals surface area contributed by atoms with E-state index < -0.39 is 11.4 Å². The average Bonchev–Trinajstić information content (AvgIpc) is 2.29. The Bertz CT molecular complexity index is 351. The summed E-state index contributed by atoms with van der Waals surface area (Å²) in [6, 6.07) is 4.04. The van der Waals surface area contributed by atoms with Crippen molar-refractivity contribution >= 4 is 27.3 Å². The zero-order valence-electron chi connectivity index (χ0n) is 11.2. The van der Waals surface area contributed by atoms with Gasteiger partial charge in [-0.3, -0.25) is 0 Å². The van der Waals surface area contributed by atoms with Gasteiger partial charge in [0.1, 0.15) is 9.35 Å². The van der Waals surface area contributed by atoms with Crippen molar-refractivity contribution in [1.29, 1.82) is 0 Å². The number of nitrogens with zero attached hydrogens (tertiary/aromatic N) is 1. The van der Waals surface area contributed by atoms with Crippen molar-refractivity contribution in [2.45, 2.75) is 44.8 Å². The van der Waals surface area contributed by atoms with Crippen LogP contribution in [-0.2, 0) is 17.8 Å². The molecule has 1 atom stereocenters. The van der Waals surface area contributed by atoms with Gasteiger partial charge in [-0.05, 0) is 67.6 Å². The van der Waals surface area contributed by atoms with Crippen LogP contribution in [0, 0.1) is 0 Å². The maximum absolute atomic E-state index is 11.7. The number of unbranched alkanes of at least 4 members (excludes halogenated alkanes) is 1. The molecule has 0 aliphatic heterocycles. The topological polar surface area (TPSA) is 48.0 Å². The van der Waals surface area contributed by atoms with Gasteiger partial charge in [0, 0.05) is 24.1 Å². The zero-order valence-corrected chi connectivity index (χ0v) is 13.6. The second-order valence-corrected chi connectivity index (χ2v) is 8.09. The highest BCUT2D eigenvalue weighted by Gasteiger charge is 2.25. The van der Waals surface area contributed by atoms with E-state index in [9.17, 15) is 4.55 Å². The quantitative estimate of drug-likeness (QED) is 0.494. The lowest BCUT2D eigenvalue weighted by Crippen LogP contribution is -2.39. The van der Waals surface area contributed by atoms with E-state index in [1.165, 1.54) is 5.56 Å². The number of halogens is 1. The fraction of sp³-hybridized carbons (Fsp3) is 0.615. The first-order valence-corrected chi connectivity index (χ1v) is 8.09. The van der Waals surface area contributed by atoms with Crippen LogP contribution in [0.15, 0.2) is 22.9 Å². The van der Waals surface area contributed by atoms with Crippen molar-refractivity contribution in [3.63, 3.8) is 0 Å². The second kappa shape index (κ2) is 7.48. The molecule has 0 saturated heterocycles. The lowest BCUT2D eigenvalue weighted by atomic mass is 10.1. The van der Waals surface area contributed by atoms with Gasteiger partial charge in [0.05, 0.1) is 0 Å². The molecule has 0 spiro atoms. The molecule has 1 heterocycles. The maximum Gasteiger partial charge on any atom is 0.136 e. The molecule has 0 aliphatic rings. The predicted molar refractivity (Wildman–Crippen MR) is 80.8 cm³/mol. The molecule has 1 unspecified atom stereocenters. The monoisotopic (exact) mass is 332 g/mol. The Kier molecular flexibility index (Phi) is 6.63. The molecule has 1 aromatic rings. The summed E-state index contributed by atoms with van der Waals surface area (Å²) in [5, 5.41) is 0. The van der Waals surface area contributed by atoms with E-state index in [-0.39, 0.29) is 4.75 Å². The Labute approximate surface area is 121 Å². The van der Waals surface area contributed by atoms with Crippen molar-refractivity contribution < 1.29 is 4.55 Å². The van der Waals surface area contributed by atoms with Crippen molar-refractivity contribution in [2.75, 3.05) is 6.54 Å². The Hall–Kier alpha value is -0.100. The highest BCUT2D eigenvalue weighted by atomic mass is 79.9. The summed E-state index contributed by atoms with van der Waals surface area (Å²) in [5.41, 5.74) is 1.25. The van der Waals surface area contributed by atoms with Gasteiger partial charge in [0.15, 0.2) is 0 Å². The third-order valence-corrected chi connectivity index (χ3v) is 4.52. The van der Waals surface area contributed by atoms with Crippen LogP contribution in [0.4, 0.5) is 0 Å². The number of rotatable bonds is 6. The van der Waals surface area contributed by atoms with Gasteiger partial charge in [-0.25, -0.2) is 4.98 Å². The first-order chi connectivity index (χ1) is 8.39. The van der Waals surface area contributed by atoms with Crippen molar-refractivity contribution in [3.05, 3.63) is 28.5 Å². The molecule has 0 radical (unpaired) electrons. The Balaban J connectivity index is 2.14. The van der Waals surface area contributed by atoms with E-state index in [0.29, 0.717) is 0 Å². The molecule has 0 amide bonds. The van der Waals surface area contributed by atoms with E-state index in [2.05, 4.69) is 31.7 Å². The van der Waals surface area contributed by atoms with Gasteiger partial charge in [-0.2, -0.15) is 0 Å². The summed E-state index contributed by atoms with van der Waals surface area (Å²) in [5.74, 6) is 0. The first-order valence-electron chi connectivity index (χ1n) is 6.15. The van der Waals surface area contributed by atoms with Gasteiger partial charge in [0.2, 0.25) is 0 Å². The summed E-state index contributed by atoms with van der Waals surface area (Å²) in [6.45, 7) is 6.73. The van der Waals surface area contributed by atoms with E-state index in [1.807, 2.05) is 33.0 Å². The minimum atomic E-state index is -0.957. The van der Waals surface area contributed by atoms with Crippen molar-refractivity contribution in [1.82, 2.24) is 9.71 Å². The fourth-order valence-electron chi connectivity index (χ4n) is 1.39. The minimum Gasteiger partial charge on any atom is -0.598 e. The summed E-state index contributed by atoms with van der Waals surface area (Å²) < 4.78 is 15.5. The van der Waals surface area contributed by atoms with Gasteiger partial charge < -0.3 is 4.55 Å². The van der Waals surface area contributed by atoms with E-state index in [0.717, 1.165) is 30.4 Å². The van der Waals surface area contributed by atoms with Crippen molar-refractivity contribution in [3.8, 4) is 0 Å². The number of pyridine rings is 1. The first kappa shape index (κ1) is 16.0. The van der Waals surface area contributed by atoms with E-state index >= 15 is 0 Å². The second-order valence-electron chi connectivity index (χ2n) is 5.22. The highest BCUT2D eigenvalue weighted by molar-refractivity contribution is 9.10. The molecule has 0 bridgehead atoms. The Morgan fingerprint density at radius 3 is 2.61 bits per heavy atom. The molecule has 1 rings (SSSR count). The lowest BCUT2D eigenvalue weighted by Gasteiger charge is -2.23. The molecule has 1 N–H and O–H groups in total. The van der Waals surface area contributed by atoms with Gasteiger partial charge in [-0.15, -0.1) is 4.72 Å². The molecule has 0 aromatic carbocycles. The van der Waals surface area contributed by atoms with Gasteiger partial charge in [-0.1, -0.05) is 6.07 Å². The molecule has 0 saturated carbocycles. The van der Waals surface area contributed by atoms with Crippen LogP contribution in [0.25, 0.3) is 0 Å². The third kappa shape index (κ3) is 6.18. The smallest absolute Gasteiger partial charge is 0.136 e. The number of aromatic nitrogens is 1. The summed E-state index contributed by atoms with van der Waals surface area (Å²) in [7, 11) is 0. The number of hydrogen-bond acceptors (Lipinski definition) is 3. The Morgan fingerprint density at radius 2 is 2.06 bits per heavy atom. The van der Waals surface area contributed by atoms with Gasteiger partial charge >= 0.3 is 0 Å². The minimum absolute atomic E-state index is 0.185. The SMILES string of the molecule is CC(C)(C)[S+]([O-])NCCCCc1ccc(Br)nc1. The molecular weight excluding hydrogens is 312 g/mol. The standard InChI is InChI=1S/C13H21BrN2OS/c1-13(2,3)18(17)16-9-5-4-6-11-7-8-12(14)15-10-11/h7-8,10,16H,4-6,9H2,1-3H3. The molecule has 1 aromatic heterocycles. The average molecular weight is 333 g/mol. The number of aryl methyl sites for hydroxylation is 1. The van der Waals surface area contributed by atoms with Crippen LogP contribution in [-0.4, -0.2) is 20.8 Å². The zero-order chi connectivity index (χ0) is 13.6. The predicted octanol–water partition coefficient (Wildman–Crippen LogP) is 3.22. The fourth-order valence-corrected chi connectivity index (χ4v) is 2.39. The van der Waals surface area contributed by atoms with Crippen LogP contribution in [0.5, 0.6) is 0 Å². The molecule has 0 aliphatic carbocycles. The summed E-state index contributed by atoms with van der Waals surface area (Å²) >= 11 is 2.36. The van der Waals surface area contributed by atoms with Crippen LogP contribution in [0.1, 0.15) is 39.2 Å². The summed E-state index contributed by atoms with van der Waals surface area (Å²) in [6.07, 6.45) is 5.02. The molecule has 0 fully saturated rings. The van der Waals surface area contributed by atoms with Crippen molar-refractivity contribution in [2.24, 2.45) is 0 Å². The molecular formula is C13H21BrN2OS. The van der Waals surface area contributed by atoms with E-state index in [4.69, 9.17) is 0 Å². The lowest BCUT2D eigenvalue weighted by molar-refractivity contribution is 0.540.